The van der Waals surface area contributed by atoms with E-state index in [-0.39, 0.29) is 18.3 Å². The molecule has 2 nitrogen and oxygen atoms in total. The highest BCUT2D eigenvalue weighted by Gasteiger charge is 2.42. The van der Waals surface area contributed by atoms with Crippen molar-refractivity contribution in [1.82, 2.24) is 0 Å². The lowest BCUT2D eigenvalue weighted by molar-refractivity contribution is 0.00498. The van der Waals surface area contributed by atoms with Crippen LogP contribution in [0.3, 0.4) is 0 Å². The molecule has 2 rings (SSSR count). The molecule has 1 aliphatic rings. The molecule has 0 heterocycles. The number of aliphatic hydroxyl groups is 1. The van der Waals surface area contributed by atoms with Crippen molar-refractivity contribution < 1.29 is 9.50 Å². The second-order valence-electron chi connectivity index (χ2n) is 4.00. The maximum Gasteiger partial charge on any atom is 0.126 e. The van der Waals surface area contributed by atoms with E-state index < -0.39 is 5.60 Å². The van der Waals surface area contributed by atoms with Crippen molar-refractivity contribution in [3.63, 3.8) is 0 Å². The Morgan fingerprint density at radius 3 is 3.00 bits per heavy atom. The maximum atomic E-state index is 13.4. The molecule has 3 heteroatoms. The van der Waals surface area contributed by atoms with Gasteiger partial charge in [-0.3, -0.25) is 0 Å². The molecule has 0 fully saturated rings. The van der Waals surface area contributed by atoms with Gasteiger partial charge in [0.15, 0.2) is 0 Å². The SMILES string of the molecule is CC1Cc2c(F)cccc2C1(O)CN. The molecule has 0 spiro atoms. The topological polar surface area (TPSA) is 46.2 Å². The summed E-state index contributed by atoms with van der Waals surface area (Å²) in [6.07, 6.45) is 0.565. The smallest absolute Gasteiger partial charge is 0.126 e. The fraction of sp³-hybridized carbons (Fsp3) is 0.455. The van der Waals surface area contributed by atoms with Crippen LogP contribution in [-0.2, 0) is 12.0 Å². The van der Waals surface area contributed by atoms with Gasteiger partial charge in [-0.1, -0.05) is 19.1 Å². The van der Waals surface area contributed by atoms with Crippen LogP contribution in [-0.4, -0.2) is 11.7 Å². The van der Waals surface area contributed by atoms with E-state index in [1.165, 1.54) is 6.07 Å². The predicted molar refractivity (Wildman–Crippen MR) is 52.2 cm³/mol. The van der Waals surface area contributed by atoms with Crippen molar-refractivity contribution in [2.24, 2.45) is 11.7 Å². The Bertz CT molecular complexity index is 366. The summed E-state index contributed by atoms with van der Waals surface area (Å²) in [4.78, 5) is 0. The summed E-state index contributed by atoms with van der Waals surface area (Å²) in [5.41, 5.74) is 5.78. The molecular weight excluding hydrogens is 181 g/mol. The van der Waals surface area contributed by atoms with Crippen molar-refractivity contribution in [2.45, 2.75) is 18.9 Å². The summed E-state index contributed by atoms with van der Waals surface area (Å²) in [7, 11) is 0. The zero-order valence-electron chi connectivity index (χ0n) is 8.13. The Morgan fingerprint density at radius 1 is 1.64 bits per heavy atom. The van der Waals surface area contributed by atoms with E-state index in [4.69, 9.17) is 5.73 Å². The second kappa shape index (κ2) is 3.04. The van der Waals surface area contributed by atoms with E-state index >= 15 is 0 Å². The van der Waals surface area contributed by atoms with Gasteiger partial charge in [0.05, 0.1) is 0 Å². The third-order valence-electron chi connectivity index (χ3n) is 3.22. The Kier molecular flexibility index (Phi) is 2.09. The number of halogens is 1. The average Bonchev–Trinajstić information content (AvgIpc) is 2.43. The van der Waals surface area contributed by atoms with Crippen molar-refractivity contribution in [2.75, 3.05) is 6.54 Å². The van der Waals surface area contributed by atoms with Crippen molar-refractivity contribution in [3.8, 4) is 0 Å². The molecule has 0 saturated heterocycles. The van der Waals surface area contributed by atoms with Crippen molar-refractivity contribution in [3.05, 3.63) is 35.1 Å². The van der Waals surface area contributed by atoms with E-state index in [0.29, 0.717) is 17.5 Å². The third-order valence-corrected chi connectivity index (χ3v) is 3.22. The van der Waals surface area contributed by atoms with Crippen LogP contribution in [0.15, 0.2) is 18.2 Å². The largest absolute Gasteiger partial charge is 0.384 e. The molecule has 2 unspecified atom stereocenters. The lowest BCUT2D eigenvalue weighted by Gasteiger charge is -2.27. The molecule has 76 valence electrons. The Labute approximate surface area is 82.5 Å². The number of hydrogen-bond donors (Lipinski definition) is 2. The molecule has 1 aromatic carbocycles. The number of nitrogens with two attached hydrogens (primary N) is 1. The fourth-order valence-electron chi connectivity index (χ4n) is 2.22. The van der Waals surface area contributed by atoms with Crippen molar-refractivity contribution in [1.29, 1.82) is 0 Å². The van der Waals surface area contributed by atoms with Gasteiger partial charge >= 0.3 is 0 Å². The van der Waals surface area contributed by atoms with Gasteiger partial charge in [0.2, 0.25) is 0 Å². The molecule has 0 aromatic heterocycles. The maximum absolute atomic E-state index is 13.4. The summed E-state index contributed by atoms with van der Waals surface area (Å²) >= 11 is 0. The molecule has 3 N–H and O–H groups in total. The summed E-state index contributed by atoms with van der Waals surface area (Å²) in [6, 6.07) is 4.80. The van der Waals surface area contributed by atoms with Gasteiger partial charge in [-0.15, -0.1) is 0 Å². The third kappa shape index (κ3) is 1.09. The van der Waals surface area contributed by atoms with E-state index in [0.717, 1.165) is 0 Å². The standard InChI is InChI=1S/C11H14FNO/c1-7-5-8-9(11(7,14)6-13)3-2-4-10(8)12/h2-4,7,14H,5-6,13H2,1H3. The average molecular weight is 195 g/mol. The number of rotatable bonds is 1. The monoisotopic (exact) mass is 195 g/mol. The van der Waals surface area contributed by atoms with E-state index in [2.05, 4.69) is 0 Å². The quantitative estimate of drug-likeness (QED) is 0.706. The minimum Gasteiger partial charge on any atom is -0.384 e. The highest BCUT2D eigenvalue weighted by molar-refractivity contribution is 5.39. The van der Waals surface area contributed by atoms with Gasteiger partial charge in [-0.05, 0) is 29.5 Å². The number of benzene rings is 1. The Balaban J connectivity index is 2.58. The summed E-state index contributed by atoms with van der Waals surface area (Å²) in [5, 5.41) is 10.3. The van der Waals surface area contributed by atoms with Gasteiger partial charge in [0.25, 0.3) is 0 Å². The van der Waals surface area contributed by atoms with Crippen LogP contribution < -0.4 is 5.73 Å². The van der Waals surface area contributed by atoms with Gasteiger partial charge in [-0.25, -0.2) is 4.39 Å². The Hall–Kier alpha value is -0.930. The van der Waals surface area contributed by atoms with Gasteiger partial charge in [-0.2, -0.15) is 0 Å². The summed E-state index contributed by atoms with van der Waals surface area (Å²) < 4.78 is 13.4. The molecule has 0 bridgehead atoms. The number of hydrogen-bond acceptors (Lipinski definition) is 2. The highest BCUT2D eigenvalue weighted by Crippen LogP contribution is 2.41. The first-order valence-electron chi connectivity index (χ1n) is 4.80. The molecule has 14 heavy (non-hydrogen) atoms. The lowest BCUT2D eigenvalue weighted by Crippen LogP contribution is -2.38. The molecule has 0 radical (unpaired) electrons. The molecule has 2 atom stereocenters. The Morgan fingerprint density at radius 2 is 2.36 bits per heavy atom. The molecule has 1 aromatic rings. The normalized spacial score (nSPS) is 30.4. The van der Waals surface area contributed by atoms with Crippen LogP contribution in [0.4, 0.5) is 4.39 Å². The van der Waals surface area contributed by atoms with Gasteiger partial charge < -0.3 is 10.8 Å². The van der Waals surface area contributed by atoms with E-state index in [1.807, 2.05) is 6.92 Å². The zero-order chi connectivity index (χ0) is 10.3. The summed E-state index contributed by atoms with van der Waals surface area (Å²) in [6.45, 7) is 2.04. The minimum absolute atomic E-state index is 0.0144. The van der Waals surface area contributed by atoms with Crippen LogP contribution in [0.25, 0.3) is 0 Å². The molecule has 1 aliphatic carbocycles. The van der Waals surface area contributed by atoms with Gasteiger partial charge in [0, 0.05) is 6.54 Å². The van der Waals surface area contributed by atoms with Crippen LogP contribution in [0.1, 0.15) is 18.1 Å². The minimum atomic E-state index is -1.04. The first kappa shape index (κ1) is 9.62. The molecule has 0 amide bonds. The first-order chi connectivity index (χ1) is 6.59. The van der Waals surface area contributed by atoms with Gasteiger partial charge in [0.1, 0.15) is 11.4 Å². The van der Waals surface area contributed by atoms with Crippen LogP contribution >= 0.6 is 0 Å². The number of fused-ring (bicyclic) bond motifs is 1. The van der Waals surface area contributed by atoms with E-state index in [9.17, 15) is 9.50 Å². The second-order valence-corrected chi connectivity index (χ2v) is 4.00. The lowest BCUT2D eigenvalue weighted by atomic mass is 9.89. The zero-order valence-corrected chi connectivity index (χ0v) is 8.13. The summed E-state index contributed by atoms with van der Waals surface area (Å²) in [5.74, 6) is -0.252. The van der Waals surface area contributed by atoms with E-state index in [1.54, 1.807) is 12.1 Å². The van der Waals surface area contributed by atoms with Crippen LogP contribution in [0.2, 0.25) is 0 Å². The highest BCUT2D eigenvalue weighted by atomic mass is 19.1. The van der Waals surface area contributed by atoms with Crippen LogP contribution in [0, 0.1) is 11.7 Å². The predicted octanol–water partition coefficient (Wildman–Crippen LogP) is 1.16. The molecule has 0 saturated carbocycles. The molecule has 0 aliphatic heterocycles. The first-order valence-corrected chi connectivity index (χ1v) is 4.80. The van der Waals surface area contributed by atoms with Crippen molar-refractivity contribution >= 4 is 0 Å². The fourth-order valence-corrected chi connectivity index (χ4v) is 2.22. The molecular formula is C11H14FNO. The van der Waals surface area contributed by atoms with Crippen LogP contribution in [0.5, 0.6) is 0 Å².